The van der Waals surface area contributed by atoms with Gasteiger partial charge < -0.3 is 0 Å². The van der Waals surface area contributed by atoms with Gasteiger partial charge in [0.05, 0.1) is 4.92 Å². The van der Waals surface area contributed by atoms with Gasteiger partial charge in [-0.15, -0.1) is 0 Å². The van der Waals surface area contributed by atoms with Gasteiger partial charge in [-0.3, -0.25) is 10.1 Å². The number of benzene rings is 1. The first-order valence-corrected chi connectivity index (χ1v) is 7.46. The van der Waals surface area contributed by atoms with E-state index in [-0.39, 0.29) is 10.6 Å². The molecule has 0 heterocycles. The highest BCUT2D eigenvalue weighted by Gasteiger charge is 2.22. The molecule has 0 aromatic heterocycles. The Morgan fingerprint density at radius 1 is 1.28 bits per heavy atom. The molecule has 0 bridgehead atoms. The van der Waals surface area contributed by atoms with Crippen molar-refractivity contribution < 1.29 is 4.92 Å². The van der Waals surface area contributed by atoms with Crippen molar-refractivity contribution in [3.05, 3.63) is 39.9 Å². The molecule has 98 valence electrons. The zero-order chi connectivity index (χ0) is 13.0. The van der Waals surface area contributed by atoms with Crippen LogP contribution in [0.15, 0.2) is 24.3 Å². The van der Waals surface area contributed by atoms with Crippen LogP contribution in [0.3, 0.4) is 0 Å². The van der Waals surface area contributed by atoms with Crippen LogP contribution in [0.1, 0.15) is 37.7 Å². The molecule has 18 heavy (non-hydrogen) atoms. The third-order valence-corrected chi connectivity index (χ3v) is 4.89. The van der Waals surface area contributed by atoms with Gasteiger partial charge >= 0.3 is 0 Å². The van der Waals surface area contributed by atoms with E-state index in [1.165, 1.54) is 32.1 Å². The quantitative estimate of drug-likeness (QED) is 0.357. The van der Waals surface area contributed by atoms with Crippen LogP contribution in [0.5, 0.6) is 0 Å². The zero-order valence-corrected chi connectivity index (χ0v) is 11.9. The summed E-state index contributed by atoms with van der Waals surface area (Å²) in [4.78, 5) is 11.0. The number of nitro benzene ring substituents is 1. The molecule has 0 saturated heterocycles. The number of nitrogens with zero attached hydrogens (tertiary/aromatic N) is 1. The van der Waals surface area contributed by atoms with Gasteiger partial charge in [-0.25, -0.2) is 0 Å². The third-order valence-electron chi connectivity index (χ3n) is 3.69. The number of non-ortho nitro benzene ring substituents is 1. The Morgan fingerprint density at radius 2 is 2.06 bits per heavy atom. The Kier molecular flexibility index (Phi) is 4.75. The topological polar surface area (TPSA) is 43.1 Å². The fourth-order valence-corrected chi connectivity index (χ4v) is 3.44. The van der Waals surface area contributed by atoms with Crippen molar-refractivity contribution in [2.45, 2.75) is 43.4 Å². The monoisotopic (exact) mass is 311 g/mol. The number of rotatable bonds is 3. The van der Waals surface area contributed by atoms with Crippen LogP contribution in [0.4, 0.5) is 5.69 Å². The molecule has 1 aliphatic carbocycles. The average Bonchev–Trinajstić information content (AvgIpc) is 2.55. The molecule has 1 aromatic carbocycles. The zero-order valence-electron chi connectivity index (χ0n) is 10.3. The predicted molar refractivity (Wildman–Crippen MR) is 76.1 cm³/mol. The lowest BCUT2D eigenvalue weighted by molar-refractivity contribution is -0.384. The highest BCUT2D eigenvalue weighted by molar-refractivity contribution is 9.09. The van der Waals surface area contributed by atoms with Crippen LogP contribution in [0, 0.1) is 16.0 Å². The molecule has 1 fully saturated rings. The molecule has 0 radical (unpaired) electrons. The first kappa shape index (κ1) is 13.5. The summed E-state index contributed by atoms with van der Waals surface area (Å²) in [5.74, 6) is 0.606. The molecule has 0 N–H and O–H groups in total. The Morgan fingerprint density at radius 3 is 2.83 bits per heavy atom. The van der Waals surface area contributed by atoms with Gasteiger partial charge in [0.2, 0.25) is 0 Å². The lowest BCUT2D eigenvalue weighted by Crippen LogP contribution is -2.15. The summed E-state index contributed by atoms with van der Waals surface area (Å²) in [5.41, 5.74) is 1.28. The Labute approximate surface area is 116 Å². The molecule has 0 amide bonds. The summed E-state index contributed by atoms with van der Waals surface area (Å²) >= 11 is 3.78. The highest BCUT2D eigenvalue weighted by atomic mass is 79.9. The molecule has 1 aromatic rings. The Bertz CT molecular complexity index is 422. The summed E-state index contributed by atoms with van der Waals surface area (Å²) in [6.45, 7) is 0. The molecule has 0 aliphatic heterocycles. The third kappa shape index (κ3) is 3.55. The molecular formula is C14H18BrNO2. The average molecular weight is 312 g/mol. The van der Waals surface area contributed by atoms with Gasteiger partial charge in [-0.1, -0.05) is 47.3 Å². The fraction of sp³-hybridized carbons (Fsp3) is 0.571. The summed E-state index contributed by atoms with van der Waals surface area (Å²) in [5, 5.41) is 10.8. The Hall–Kier alpha value is -0.900. The van der Waals surface area contributed by atoms with E-state index in [1.807, 2.05) is 6.07 Å². The maximum atomic E-state index is 10.8. The number of nitro groups is 1. The second-order valence-electron chi connectivity index (χ2n) is 5.05. The van der Waals surface area contributed by atoms with E-state index in [4.69, 9.17) is 0 Å². The Balaban J connectivity index is 2.07. The second-order valence-corrected chi connectivity index (χ2v) is 6.22. The number of halogens is 1. The standard InChI is InChI=1S/C14H18BrNO2/c15-14-8-3-1-2-6-12(14)9-11-5-4-7-13(10-11)16(17)18/h4-5,7,10,12,14H,1-3,6,8-9H2. The molecule has 3 nitrogen and oxygen atoms in total. The van der Waals surface area contributed by atoms with E-state index >= 15 is 0 Å². The minimum atomic E-state index is -0.317. The van der Waals surface area contributed by atoms with Crippen LogP contribution < -0.4 is 0 Å². The van der Waals surface area contributed by atoms with Crippen LogP contribution in [-0.4, -0.2) is 9.75 Å². The van der Waals surface area contributed by atoms with Gasteiger partial charge in [0.15, 0.2) is 0 Å². The summed E-state index contributed by atoms with van der Waals surface area (Å²) in [6.07, 6.45) is 7.27. The van der Waals surface area contributed by atoms with Crippen LogP contribution in [-0.2, 0) is 6.42 Å². The molecule has 4 heteroatoms. The van der Waals surface area contributed by atoms with Gasteiger partial charge in [-0.05, 0) is 30.7 Å². The molecule has 0 spiro atoms. The second kappa shape index (κ2) is 6.32. The maximum Gasteiger partial charge on any atom is 0.269 e. The van der Waals surface area contributed by atoms with E-state index in [0.717, 1.165) is 12.0 Å². The van der Waals surface area contributed by atoms with Crippen molar-refractivity contribution in [3.63, 3.8) is 0 Å². The normalized spacial score (nSPS) is 24.5. The summed E-state index contributed by atoms with van der Waals surface area (Å²) < 4.78 is 0. The van der Waals surface area contributed by atoms with Gasteiger partial charge in [0, 0.05) is 17.0 Å². The molecule has 2 unspecified atom stereocenters. The molecule has 1 aliphatic rings. The van der Waals surface area contributed by atoms with Crippen molar-refractivity contribution in [1.29, 1.82) is 0 Å². The lowest BCUT2D eigenvalue weighted by Gasteiger charge is -2.19. The van der Waals surface area contributed by atoms with Gasteiger partial charge in [0.1, 0.15) is 0 Å². The van der Waals surface area contributed by atoms with E-state index in [1.54, 1.807) is 18.2 Å². The van der Waals surface area contributed by atoms with E-state index in [2.05, 4.69) is 15.9 Å². The van der Waals surface area contributed by atoms with E-state index in [9.17, 15) is 10.1 Å². The van der Waals surface area contributed by atoms with Crippen molar-refractivity contribution in [2.24, 2.45) is 5.92 Å². The SMILES string of the molecule is O=[N+]([O-])c1cccc(CC2CCCCCC2Br)c1. The van der Waals surface area contributed by atoms with Gasteiger partial charge in [0.25, 0.3) is 5.69 Å². The maximum absolute atomic E-state index is 10.8. The predicted octanol–water partition coefficient (Wildman–Crippen LogP) is 4.48. The van der Waals surface area contributed by atoms with Crippen LogP contribution >= 0.6 is 15.9 Å². The molecule has 2 atom stereocenters. The highest BCUT2D eigenvalue weighted by Crippen LogP contribution is 2.31. The lowest BCUT2D eigenvalue weighted by atomic mass is 9.92. The van der Waals surface area contributed by atoms with Crippen LogP contribution in [0.25, 0.3) is 0 Å². The van der Waals surface area contributed by atoms with Crippen molar-refractivity contribution in [3.8, 4) is 0 Å². The first-order chi connectivity index (χ1) is 8.66. The first-order valence-electron chi connectivity index (χ1n) is 6.54. The minimum absolute atomic E-state index is 0.201. The fourth-order valence-electron chi connectivity index (χ4n) is 2.67. The number of alkyl halides is 1. The molecular weight excluding hydrogens is 294 g/mol. The van der Waals surface area contributed by atoms with Crippen LogP contribution in [0.2, 0.25) is 0 Å². The van der Waals surface area contributed by atoms with Crippen molar-refractivity contribution >= 4 is 21.6 Å². The minimum Gasteiger partial charge on any atom is -0.258 e. The molecule has 2 rings (SSSR count). The van der Waals surface area contributed by atoms with Gasteiger partial charge in [-0.2, -0.15) is 0 Å². The molecule has 1 saturated carbocycles. The summed E-state index contributed by atoms with van der Waals surface area (Å²) in [6, 6.07) is 7.05. The van der Waals surface area contributed by atoms with Crippen molar-refractivity contribution in [2.75, 3.05) is 0 Å². The van der Waals surface area contributed by atoms with E-state index < -0.39 is 0 Å². The largest absolute Gasteiger partial charge is 0.269 e. The smallest absolute Gasteiger partial charge is 0.258 e. The summed E-state index contributed by atoms with van der Waals surface area (Å²) in [7, 11) is 0. The number of hydrogen-bond acceptors (Lipinski definition) is 2. The van der Waals surface area contributed by atoms with Crippen molar-refractivity contribution in [1.82, 2.24) is 0 Å². The number of hydrogen-bond donors (Lipinski definition) is 0. The van der Waals surface area contributed by atoms with E-state index in [0.29, 0.717) is 10.7 Å².